The smallest absolute Gasteiger partial charge is 0.321 e. The predicted octanol–water partition coefficient (Wildman–Crippen LogP) is 9.13. The lowest BCUT2D eigenvalue weighted by Crippen LogP contribution is -2.54. The summed E-state index contributed by atoms with van der Waals surface area (Å²) in [6, 6.07) is 20.4. The molecular formula is C29H18Br2F6N2O2. The first-order chi connectivity index (χ1) is 19.3. The van der Waals surface area contributed by atoms with Crippen molar-refractivity contribution in [3.05, 3.63) is 128 Å². The Hall–Kier alpha value is -3.64. The zero-order valence-electron chi connectivity index (χ0n) is 20.6. The molecule has 0 aromatic heterocycles. The lowest BCUT2D eigenvalue weighted by molar-refractivity contribution is -0.288. The Kier molecular flexibility index (Phi) is 8.65. The van der Waals surface area contributed by atoms with E-state index in [1.165, 1.54) is 24.3 Å². The van der Waals surface area contributed by atoms with Crippen LogP contribution in [-0.4, -0.2) is 24.2 Å². The SMILES string of the molecule is O=C(Nc1ccc(C(c2ccc(NC(=O)c3ccccc3)c(Br)c2)(C(F)(F)F)C(F)(F)F)cc1Br)c1ccccc1. The van der Waals surface area contributed by atoms with E-state index in [9.17, 15) is 35.9 Å². The molecule has 0 bridgehead atoms. The molecule has 2 amide bonds. The van der Waals surface area contributed by atoms with Gasteiger partial charge in [-0.3, -0.25) is 9.59 Å². The van der Waals surface area contributed by atoms with Crippen LogP contribution < -0.4 is 10.6 Å². The molecule has 0 unspecified atom stereocenters. The molecule has 0 spiro atoms. The van der Waals surface area contributed by atoms with Gasteiger partial charge in [0.2, 0.25) is 5.41 Å². The lowest BCUT2D eigenvalue weighted by atomic mass is 9.73. The molecular weight excluding hydrogens is 682 g/mol. The minimum absolute atomic E-state index is 0.0268. The van der Waals surface area contributed by atoms with E-state index < -0.39 is 40.7 Å². The Labute approximate surface area is 247 Å². The number of rotatable bonds is 6. The highest BCUT2D eigenvalue weighted by atomic mass is 79.9. The van der Waals surface area contributed by atoms with E-state index in [4.69, 9.17) is 0 Å². The molecule has 212 valence electrons. The Balaban J connectivity index is 1.77. The molecule has 2 N–H and O–H groups in total. The molecule has 0 aliphatic carbocycles. The van der Waals surface area contributed by atoms with E-state index in [1.807, 2.05) is 0 Å². The molecule has 4 rings (SSSR count). The summed E-state index contributed by atoms with van der Waals surface area (Å²) in [6.45, 7) is 0. The van der Waals surface area contributed by atoms with Crippen molar-refractivity contribution in [1.82, 2.24) is 0 Å². The van der Waals surface area contributed by atoms with Gasteiger partial charge in [-0.25, -0.2) is 0 Å². The van der Waals surface area contributed by atoms with Gasteiger partial charge >= 0.3 is 12.4 Å². The third-order valence-corrected chi connectivity index (χ3v) is 7.54. The molecule has 4 aromatic carbocycles. The van der Waals surface area contributed by atoms with Gasteiger partial charge in [0.05, 0.1) is 11.4 Å². The number of alkyl halides is 6. The second kappa shape index (κ2) is 11.7. The molecule has 0 radical (unpaired) electrons. The molecule has 12 heteroatoms. The fourth-order valence-corrected chi connectivity index (χ4v) is 5.21. The first kappa shape index (κ1) is 30.3. The number of amides is 2. The molecule has 0 aliphatic rings. The van der Waals surface area contributed by atoms with Crippen LogP contribution >= 0.6 is 31.9 Å². The number of hydrogen-bond acceptors (Lipinski definition) is 2. The zero-order valence-corrected chi connectivity index (χ0v) is 23.7. The van der Waals surface area contributed by atoms with Crippen molar-refractivity contribution in [2.45, 2.75) is 17.8 Å². The van der Waals surface area contributed by atoms with Gasteiger partial charge in [0, 0.05) is 20.1 Å². The quantitative estimate of drug-likeness (QED) is 0.197. The van der Waals surface area contributed by atoms with Crippen molar-refractivity contribution < 1.29 is 35.9 Å². The van der Waals surface area contributed by atoms with E-state index in [-0.39, 0.29) is 31.4 Å². The average Bonchev–Trinajstić information content (AvgIpc) is 2.91. The lowest BCUT2D eigenvalue weighted by Gasteiger charge is -2.38. The molecule has 0 aliphatic heterocycles. The third-order valence-electron chi connectivity index (χ3n) is 6.22. The molecule has 41 heavy (non-hydrogen) atoms. The van der Waals surface area contributed by atoms with E-state index in [1.54, 1.807) is 36.4 Å². The number of carbonyl (C=O) groups excluding carboxylic acids is 2. The Morgan fingerprint density at radius 3 is 1.17 bits per heavy atom. The van der Waals surface area contributed by atoms with Crippen LogP contribution in [0.15, 0.2) is 106 Å². The summed E-state index contributed by atoms with van der Waals surface area (Å²) in [5.41, 5.74) is -6.28. The van der Waals surface area contributed by atoms with Gasteiger partial charge in [-0.1, -0.05) is 48.5 Å². The van der Waals surface area contributed by atoms with Crippen LogP contribution in [0.3, 0.4) is 0 Å². The topological polar surface area (TPSA) is 58.2 Å². The largest absolute Gasteiger partial charge is 0.411 e. The third kappa shape index (κ3) is 6.03. The van der Waals surface area contributed by atoms with Crippen LogP contribution in [0.5, 0.6) is 0 Å². The van der Waals surface area contributed by atoms with Crippen molar-refractivity contribution in [2.24, 2.45) is 0 Å². The maximum absolute atomic E-state index is 14.7. The maximum atomic E-state index is 14.7. The number of nitrogens with one attached hydrogen (secondary N) is 2. The molecule has 4 nitrogen and oxygen atoms in total. The summed E-state index contributed by atoms with van der Waals surface area (Å²) >= 11 is 6.03. The standard InChI is InChI=1S/C29H18Br2F6N2O2/c30-21-15-19(11-13-23(21)38-25(40)17-7-3-1-4-8-17)27(28(32,33)34,29(35,36)37)20-12-14-24(22(31)16-20)39-26(41)18-9-5-2-6-10-18/h1-16H,(H,38,40)(H,39,41). The summed E-state index contributed by atoms with van der Waals surface area (Å²) in [5, 5.41) is 4.95. The summed E-state index contributed by atoms with van der Waals surface area (Å²) < 4.78 is 87.7. The average molecular weight is 700 g/mol. The van der Waals surface area contributed by atoms with E-state index in [0.29, 0.717) is 24.3 Å². The fourth-order valence-electron chi connectivity index (χ4n) is 4.25. The number of benzene rings is 4. The summed E-state index contributed by atoms with van der Waals surface area (Å²) in [6.07, 6.45) is -11.7. The van der Waals surface area contributed by atoms with Crippen molar-refractivity contribution >= 4 is 55.0 Å². The zero-order chi connectivity index (χ0) is 30.0. The van der Waals surface area contributed by atoms with Crippen molar-refractivity contribution in [3.8, 4) is 0 Å². The minimum atomic E-state index is -5.84. The Morgan fingerprint density at radius 2 is 0.878 bits per heavy atom. The van der Waals surface area contributed by atoms with Crippen LogP contribution in [0, 0.1) is 0 Å². The van der Waals surface area contributed by atoms with Crippen LogP contribution in [0.25, 0.3) is 0 Å². The molecule has 0 saturated heterocycles. The maximum Gasteiger partial charge on any atom is 0.411 e. The second-order valence-corrected chi connectivity index (χ2v) is 10.5. The van der Waals surface area contributed by atoms with Crippen molar-refractivity contribution in [1.29, 1.82) is 0 Å². The van der Waals surface area contributed by atoms with Crippen LogP contribution in [0.1, 0.15) is 31.8 Å². The highest BCUT2D eigenvalue weighted by molar-refractivity contribution is 9.11. The van der Waals surface area contributed by atoms with Gasteiger partial charge < -0.3 is 10.6 Å². The number of hydrogen-bond donors (Lipinski definition) is 2. The van der Waals surface area contributed by atoms with Crippen molar-refractivity contribution in [2.75, 3.05) is 10.6 Å². The highest BCUT2D eigenvalue weighted by Gasteiger charge is 2.72. The predicted molar refractivity (Wildman–Crippen MR) is 150 cm³/mol. The summed E-state index contributed by atoms with van der Waals surface area (Å²) in [7, 11) is 0. The van der Waals surface area contributed by atoms with Crippen LogP contribution in [-0.2, 0) is 5.41 Å². The molecule has 0 atom stereocenters. The van der Waals surface area contributed by atoms with E-state index in [0.717, 1.165) is 12.1 Å². The molecule has 0 heterocycles. The Morgan fingerprint density at radius 1 is 0.537 bits per heavy atom. The van der Waals surface area contributed by atoms with Crippen LogP contribution in [0.2, 0.25) is 0 Å². The van der Waals surface area contributed by atoms with E-state index >= 15 is 0 Å². The first-order valence-electron chi connectivity index (χ1n) is 11.7. The second-order valence-electron chi connectivity index (χ2n) is 8.78. The number of carbonyl (C=O) groups is 2. The first-order valence-corrected chi connectivity index (χ1v) is 13.3. The van der Waals surface area contributed by atoms with Crippen molar-refractivity contribution in [3.63, 3.8) is 0 Å². The number of halogens is 8. The Bertz CT molecular complexity index is 1460. The van der Waals surface area contributed by atoms with Gasteiger partial charge in [-0.05, 0) is 91.5 Å². The fraction of sp³-hybridized carbons (Fsp3) is 0.103. The highest BCUT2D eigenvalue weighted by Crippen LogP contribution is 2.57. The van der Waals surface area contributed by atoms with Crippen LogP contribution in [0.4, 0.5) is 37.7 Å². The molecule has 0 fully saturated rings. The number of anilines is 2. The van der Waals surface area contributed by atoms with Gasteiger partial charge in [-0.15, -0.1) is 0 Å². The van der Waals surface area contributed by atoms with E-state index in [2.05, 4.69) is 42.5 Å². The monoisotopic (exact) mass is 698 g/mol. The summed E-state index contributed by atoms with van der Waals surface area (Å²) in [4.78, 5) is 25.0. The van der Waals surface area contributed by atoms with Gasteiger partial charge in [-0.2, -0.15) is 26.3 Å². The van der Waals surface area contributed by atoms with Gasteiger partial charge in [0.15, 0.2) is 0 Å². The normalized spacial score (nSPS) is 12.1. The summed E-state index contributed by atoms with van der Waals surface area (Å²) in [5.74, 6) is -1.21. The van der Waals surface area contributed by atoms with Gasteiger partial charge in [0.25, 0.3) is 11.8 Å². The molecule has 4 aromatic rings. The van der Waals surface area contributed by atoms with Gasteiger partial charge in [0.1, 0.15) is 0 Å². The molecule has 0 saturated carbocycles. The minimum Gasteiger partial charge on any atom is -0.321 e.